The highest BCUT2D eigenvalue weighted by Crippen LogP contribution is 2.40. The number of methoxy groups -OCH3 is 1. The first-order valence-corrected chi connectivity index (χ1v) is 19.2. The van der Waals surface area contributed by atoms with Gasteiger partial charge in [0.2, 0.25) is 11.9 Å². The molecule has 17 heteroatoms. The van der Waals surface area contributed by atoms with E-state index in [-0.39, 0.29) is 54.4 Å². The number of ether oxygens (including phenoxy) is 3. The summed E-state index contributed by atoms with van der Waals surface area (Å²) in [6, 6.07) is 9.41. The minimum atomic E-state index is -0.540. The number of aromatic nitrogens is 8. The number of carbonyl (C=O) groups is 4. The fraction of sp³-hybridized carbons (Fsp3) is 0.366. The average molecular weight is 787 g/mol. The monoisotopic (exact) mass is 786 g/mol. The highest BCUT2D eigenvalue weighted by Gasteiger charge is 2.31. The number of hydrogen-bond donors (Lipinski definition) is 2. The van der Waals surface area contributed by atoms with Gasteiger partial charge in [-0.25, -0.2) is 14.8 Å². The van der Waals surface area contributed by atoms with Gasteiger partial charge in [0.15, 0.2) is 5.78 Å². The second-order valence-corrected chi connectivity index (χ2v) is 14.1. The predicted octanol–water partition coefficient (Wildman–Crippen LogP) is 5.67. The van der Waals surface area contributed by atoms with Gasteiger partial charge in [0.1, 0.15) is 47.1 Å². The number of nitrogens with one attached hydrogen (secondary N) is 2. The first-order valence-electron chi connectivity index (χ1n) is 19.2. The van der Waals surface area contributed by atoms with E-state index >= 15 is 0 Å². The number of Topliss-reactive ketones (excluding diaryl/α,β-unsaturated/α-hetero) is 1. The lowest BCUT2D eigenvalue weighted by Crippen LogP contribution is -2.26. The van der Waals surface area contributed by atoms with Gasteiger partial charge in [0.25, 0.3) is 11.8 Å². The molecule has 0 saturated carbocycles. The Morgan fingerprint density at radius 2 is 1.19 bits per heavy atom. The Kier molecular flexibility index (Phi) is 9.93. The molecule has 58 heavy (non-hydrogen) atoms. The summed E-state index contributed by atoms with van der Waals surface area (Å²) in [5.74, 6) is 6.81. The van der Waals surface area contributed by atoms with Crippen LogP contribution in [0.4, 0.5) is 11.9 Å². The summed E-state index contributed by atoms with van der Waals surface area (Å²) in [6.45, 7) is 10.7. The number of carbonyl (C=O) groups excluding carboxylic acids is 4. The number of hydrogen-bond acceptors (Lipinski definition) is 11. The second-order valence-electron chi connectivity index (χ2n) is 14.1. The quantitative estimate of drug-likeness (QED) is 0.0935. The SMILES string of the molecule is CCC(=O)c1cc2c3c(c1)nc(NC(=O)c1cc(C)nn1CC)n3[C@@H](CC#CC[C@H]1COc3cc(C(=O)OC)cc4nc(NC(=O)c5cc(C)nn5CC)n1c34)CO2. The molecule has 2 aliphatic heterocycles. The molecule has 6 aromatic rings. The summed E-state index contributed by atoms with van der Waals surface area (Å²) in [5, 5.41) is 14.8. The smallest absolute Gasteiger partial charge is 0.338 e. The second kappa shape index (κ2) is 15.2. The maximum atomic E-state index is 13.6. The molecule has 0 aliphatic carbocycles. The fourth-order valence-corrected chi connectivity index (χ4v) is 7.57. The Balaban J connectivity index is 1.10. The summed E-state index contributed by atoms with van der Waals surface area (Å²) in [7, 11) is 1.30. The van der Waals surface area contributed by atoms with Gasteiger partial charge < -0.3 is 14.2 Å². The molecule has 0 fully saturated rings. The molecule has 0 spiro atoms. The summed E-state index contributed by atoms with van der Waals surface area (Å²) >= 11 is 0. The molecule has 0 bridgehead atoms. The van der Waals surface area contributed by atoms with Crippen LogP contribution in [-0.4, -0.2) is 82.6 Å². The molecule has 2 N–H and O–H groups in total. The van der Waals surface area contributed by atoms with Crippen LogP contribution in [0, 0.1) is 25.7 Å². The number of benzene rings is 2. The Labute approximate surface area is 332 Å². The van der Waals surface area contributed by atoms with Crippen molar-refractivity contribution in [3.63, 3.8) is 0 Å². The number of imidazole rings is 2. The number of rotatable bonds is 11. The molecule has 0 radical (unpaired) electrons. The summed E-state index contributed by atoms with van der Waals surface area (Å²) in [5.41, 5.74) is 5.21. The number of amides is 2. The number of ketones is 1. The van der Waals surface area contributed by atoms with E-state index < -0.39 is 5.97 Å². The molecule has 0 saturated heterocycles. The Hall–Kier alpha value is -6.96. The molecule has 2 aliphatic rings. The molecular weight excluding hydrogens is 745 g/mol. The third-order valence-electron chi connectivity index (χ3n) is 10.3. The molecule has 2 atom stereocenters. The third-order valence-corrected chi connectivity index (χ3v) is 10.3. The van der Waals surface area contributed by atoms with Crippen LogP contribution in [0.5, 0.6) is 11.5 Å². The van der Waals surface area contributed by atoms with E-state index in [1.165, 1.54) is 7.11 Å². The van der Waals surface area contributed by atoms with Crippen molar-refractivity contribution in [3.8, 4) is 23.3 Å². The molecular formula is C41H42N10O7. The molecule has 298 valence electrons. The molecule has 2 aromatic carbocycles. The van der Waals surface area contributed by atoms with Crippen molar-refractivity contribution in [2.45, 2.75) is 79.1 Å². The number of anilines is 2. The van der Waals surface area contributed by atoms with E-state index in [1.807, 2.05) is 36.8 Å². The molecule has 17 nitrogen and oxygen atoms in total. The van der Waals surface area contributed by atoms with E-state index in [0.29, 0.717) is 94.5 Å². The van der Waals surface area contributed by atoms with E-state index in [4.69, 9.17) is 24.2 Å². The predicted molar refractivity (Wildman–Crippen MR) is 213 cm³/mol. The van der Waals surface area contributed by atoms with Crippen LogP contribution in [-0.2, 0) is 17.8 Å². The van der Waals surface area contributed by atoms with Gasteiger partial charge in [-0.1, -0.05) is 6.92 Å². The van der Waals surface area contributed by atoms with E-state index in [2.05, 4.69) is 32.7 Å². The molecule has 2 amide bonds. The van der Waals surface area contributed by atoms with E-state index in [9.17, 15) is 19.2 Å². The average Bonchev–Trinajstić information content (AvgIpc) is 4.00. The van der Waals surface area contributed by atoms with Gasteiger partial charge in [-0.05, 0) is 64.1 Å². The van der Waals surface area contributed by atoms with Gasteiger partial charge in [0.05, 0.1) is 47.2 Å². The number of aryl methyl sites for hydroxylation is 4. The first kappa shape index (κ1) is 37.9. The van der Waals surface area contributed by atoms with Gasteiger partial charge in [-0.2, -0.15) is 10.2 Å². The zero-order chi connectivity index (χ0) is 40.8. The first-order chi connectivity index (χ1) is 28.0. The summed E-state index contributed by atoms with van der Waals surface area (Å²) in [6.07, 6.45) is 0.989. The fourth-order valence-electron chi connectivity index (χ4n) is 7.57. The summed E-state index contributed by atoms with van der Waals surface area (Å²) < 4.78 is 24.4. The van der Waals surface area contributed by atoms with Crippen molar-refractivity contribution >= 4 is 57.5 Å². The van der Waals surface area contributed by atoms with Gasteiger partial charge >= 0.3 is 5.97 Å². The zero-order valence-electron chi connectivity index (χ0n) is 33.0. The maximum Gasteiger partial charge on any atom is 0.338 e. The van der Waals surface area contributed by atoms with Gasteiger partial charge in [-0.15, -0.1) is 11.8 Å². The standard InChI is InChI=1S/C41H42N10O7/c1-7-32(52)24-16-28-35-33(18-24)57-20-26(50(35)40(42-28)44-37(53)30-14-22(4)46-48(30)8-2)12-10-11-13-27-21-58-34-19-25(39(55)56-6)17-29-36(34)51(27)41(43-29)45-38(54)31-15-23(5)47-49(31)9-3/h14-19,26-27H,7-9,12-13,20-21H2,1-6H3,(H,42,44,53)(H,43,45,54)/t26-,27-/m0/s1. The van der Waals surface area contributed by atoms with Crippen LogP contribution in [0.25, 0.3) is 22.1 Å². The minimum absolute atomic E-state index is 0.0454. The maximum absolute atomic E-state index is 13.6. The van der Waals surface area contributed by atoms with E-state index in [0.717, 1.165) is 5.69 Å². The Bertz CT molecular complexity index is 2540. The van der Waals surface area contributed by atoms with Gasteiger partial charge in [-0.3, -0.25) is 43.5 Å². The number of esters is 1. The Morgan fingerprint density at radius 1 is 0.724 bits per heavy atom. The van der Waals surface area contributed by atoms with Crippen LogP contribution < -0.4 is 20.1 Å². The highest BCUT2D eigenvalue weighted by atomic mass is 16.5. The minimum Gasteiger partial charge on any atom is -0.489 e. The van der Waals surface area contributed by atoms with Gasteiger partial charge in [0, 0.05) is 37.9 Å². The van der Waals surface area contributed by atoms with Crippen LogP contribution in [0.15, 0.2) is 36.4 Å². The molecule has 8 rings (SSSR count). The van der Waals surface area contributed by atoms with Crippen LogP contribution >= 0.6 is 0 Å². The van der Waals surface area contributed by atoms with E-state index in [1.54, 1.807) is 52.7 Å². The largest absolute Gasteiger partial charge is 0.489 e. The van der Waals surface area contributed by atoms with Crippen molar-refractivity contribution in [3.05, 3.63) is 70.3 Å². The Morgan fingerprint density at radius 3 is 1.64 bits per heavy atom. The lowest BCUT2D eigenvalue weighted by molar-refractivity contribution is 0.0599. The zero-order valence-corrected chi connectivity index (χ0v) is 33.0. The topological polar surface area (TPSA) is 191 Å². The van der Waals surface area contributed by atoms with Crippen LogP contribution in [0.2, 0.25) is 0 Å². The third kappa shape index (κ3) is 6.69. The highest BCUT2D eigenvalue weighted by molar-refractivity contribution is 6.05. The van der Waals surface area contributed by atoms with Crippen LogP contribution in [0.3, 0.4) is 0 Å². The van der Waals surface area contributed by atoms with Crippen LogP contribution in [0.1, 0.15) is 105 Å². The lowest BCUT2D eigenvalue weighted by atomic mass is 10.1. The summed E-state index contributed by atoms with van der Waals surface area (Å²) in [4.78, 5) is 62.0. The van der Waals surface area contributed by atoms with Crippen molar-refractivity contribution in [2.24, 2.45) is 0 Å². The van der Waals surface area contributed by atoms with Crippen molar-refractivity contribution in [1.29, 1.82) is 0 Å². The van der Waals surface area contributed by atoms with Crippen molar-refractivity contribution in [1.82, 2.24) is 38.7 Å². The normalized spacial score (nSPS) is 15.3. The number of nitrogens with zero attached hydrogens (tertiary/aromatic N) is 8. The molecule has 6 heterocycles. The van der Waals surface area contributed by atoms with Crippen molar-refractivity contribution in [2.75, 3.05) is 31.0 Å². The molecule has 0 unspecified atom stereocenters. The van der Waals surface area contributed by atoms with Crippen molar-refractivity contribution < 1.29 is 33.4 Å². The molecule has 4 aromatic heterocycles. The lowest BCUT2D eigenvalue weighted by Gasteiger charge is -2.27.